The van der Waals surface area contributed by atoms with Gasteiger partial charge in [0.25, 0.3) is 0 Å². The van der Waals surface area contributed by atoms with Gasteiger partial charge in [-0.2, -0.15) is 0 Å². The number of fused-ring (bicyclic) bond motifs is 3. The number of phenols is 10. The largest absolute Gasteiger partial charge is 0.508 e. The van der Waals surface area contributed by atoms with Crippen LogP contribution in [-0.2, 0) is 9.47 Å². The molecule has 0 aromatic heterocycles. The molecular weight excluding hydrogens is 1100 g/mol. The second kappa shape index (κ2) is 21.7. The van der Waals surface area contributed by atoms with Crippen LogP contribution in [0.25, 0.3) is 0 Å². The second-order valence-corrected chi connectivity index (χ2v) is 20.8. The zero-order valence-electron chi connectivity index (χ0n) is 43.0. The van der Waals surface area contributed by atoms with Gasteiger partial charge >= 0.3 is 0 Å². The van der Waals surface area contributed by atoms with E-state index < -0.39 is 204 Å². The predicted octanol–water partition coefficient (Wildman–Crippen LogP) is 2.12. The average molecular weight is 1160 g/mol. The van der Waals surface area contributed by atoms with E-state index in [-0.39, 0.29) is 56.9 Å². The number of hydrogen-bond donors (Lipinski definition) is 18. The molecule has 0 spiro atoms. The Balaban J connectivity index is 1.19. The summed E-state index contributed by atoms with van der Waals surface area (Å²) in [6.45, 7) is -1.78. The first-order chi connectivity index (χ1) is 39.5. The molecule has 5 aliphatic rings. The maximum atomic E-state index is 14.4. The van der Waals surface area contributed by atoms with E-state index in [0.717, 1.165) is 54.6 Å². The lowest BCUT2D eigenvalue weighted by Crippen LogP contribution is -2.60. The number of ether oxygens (including phenoxy) is 7. The summed E-state index contributed by atoms with van der Waals surface area (Å²) in [5.74, 6) is -11.7. The van der Waals surface area contributed by atoms with Crippen molar-refractivity contribution in [1.29, 1.82) is 0 Å². The second-order valence-electron chi connectivity index (χ2n) is 20.8. The Labute approximate surface area is 468 Å². The lowest BCUT2D eigenvalue weighted by molar-refractivity contribution is -0.277. The van der Waals surface area contributed by atoms with Crippen molar-refractivity contribution in [1.82, 2.24) is 0 Å². The molecule has 0 aliphatic carbocycles. The van der Waals surface area contributed by atoms with Gasteiger partial charge in [0.05, 0.1) is 19.6 Å². The van der Waals surface area contributed by atoms with Crippen LogP contribution in [0, 0.1) is 0 Å². The fourth-order valence-corrected chi connectivity index (χ4v) is 11.5. The van der Waals surface area contributed by atoms with E-state index in [9.17, 15) is 96.7 Å². The zero-order valence-corrected chi connectivity index (χ0v) is 43.0. The lowest BCUT2D eigenvalue weighted by Gasteiger charge is -2.42. The number of rotatable bonds is 11. The van der Waals surface area contributed by atoms with Crippen molar-refractivity contribution in [3.8, 4) is 86.2 Å². The van der Waals surface area contributed by atoms with Crippen molar-refractivity contribution >= 4 is 5.78 Å². The molecule has 15 atom stereocenters. The highest BCUT2D eigenvalue weighted by atomic mass is 16.7. The van der Waals surface area contributed by atoms with E-state index in [1.165, 1.54) is 24.3 Å². The molecule has 26 heteroatoms. The Bertz CT molecular complexity index is 3490. The van der Waals surface area contributed by atoms with Gasteiger partial charge in [0.2, 0.25) is 12.6 Å². The highest BCUT2D eigenvalue weighted by Crippen LogP contribution is 2.63. The molecular formula is C57H56O26. The van der Waals surface area contributed by atoms with Crippen LogP contribution < -0.4 is 23.7 Å². The highest BCUT2D eigenvalue weighted by molar-refractivity contribution is 6.03. The molecule has 440 valence electrons. The molecule has 83 heavy (non-hydrogen) atoms. The van der Waals surface area contributed by atoms with E-state index in [1.54, 1.807) is 0 Å². The fourth-order valence-electron chi connectivity index (χ4n) is 11.5. The topological polar surface area (TPSA) is 446 Å². The number of carbonyl (C=O) groups excluding carboxylic acids is 1. The molecule has 5 heterocycles. The fraction of sp³-hybridized carbons (Fsp3) is 0.351. The number of aliphatic hydroxyl groups is 8. The molecule has 15 unspecified atom stereocenters. The third-order valence-electron chi connectivity index (χ3n) is 15.7. The highest BCUT2D eigenvalue weighted by Gasteiger charge is 2.50. The van der Waals surface area contributed by atoms with Gasteiger partial charge < -0.3 is 125 Å². The van der Waals surface area contributed by atoms with E-state index in [0.29, 0.717) is 0 Å². The summed E-state index contributed by atoms with van der Waals surface area (Å²) in [4.78, 5) is 14.4. The Morgan fingerprint density at radius 3 is 1.37 bits per heavy atom. The lowest BCUT2D eigenvalue weighted by atomic mass is 9.75. The minimum absolute atomic E-state index is 0.0811. The molecule has 26 nitrogen and oxygen atoms in total. The van der Waals surface area contributed by atoms with Gasteiger partial charge in [0, 0.05) is 71.2 Å². The number of aromatic hydroxyl groups is 10. The van der Waals surface area contributed by atoms with Gasteiger partial charge in [-0.15, -0.1) is 0 Å². The zero-order chi connectivity index (χ0) is 59.2. The number of Topliss-reactive ketones (excluding diaryl/α,β-unsaturated/α-hetero) is 1. The number of carbonyl (C=O) groups is 1. The van der Waals surface area contributed by atoms with Crippen molar-refractivity contribution < 1.29 is 130 Å². The number of ketones is 1. The summed E-state index contributed by atoms with van der Waals surface area (Å²) in [7, 11) is 0. The normalized spacial score (nSPS) is 29.3. The third-order valence-corrected chi connectivity index (χ3v) is 15.7. The van der Waals surface area contributed by atoms with Gasteiger partial charge in [-0.1, -0.05) is 18.2 Å². The Kier molecular flexibility index (Phi) is 14.8. The van der Waals surface area contributed by atoms with E-state index in [4.69, 9.17) is 33.2 Å². The Morgan fingerprint density at radius 1 is 0.422 bits per heavy atom. The molecule has 0 bridgehead atoms. The maximum absolute atomic E-state index is 14.4. The van der Waals surface area contributed by atoms with Gasteiger partial charge in [0.1, 0.15) is 124 Å². The number of phenolic OH excluding ortho intramolecular Hbond substituents is 10. The standard InChI is InChI=1S/C57H56O26/c58-17-41-48(71)50(73)52(75)56(82-41)80-39-11-22(60)10-38-45(39)23(12-35(77-38)19-1-4-25(61)28(64)7-19)43-33(69)16-40(81-57-53(76)51(74)49(72)42(18-59)83-57)46-24(13-36(78-54(43)46)20-2-5-26(62)29(65)8-20)44-31(67)14-32(68)47-34(70)15-37(79-55(44)47)21-3-6-27(63)30(66)9-21/h1-11,14,16,23-24,35-37,41-42,48-53,56-69,71-76H,12-13,15,17-18H2. The predicted molar refractivity (Wildman–Crippen MR) is 276 cm³/mol. The molecule has 11 rings (SSSR count). The van der Waals surface area contributed by atoms with Crippen LogP contribution in [0.2, 0.25) is 0 Å². The van der Waals surface area contributed by atoms with E-state index in [1.807, 2.05) is 0 Å². The van der Waals surface area contributed by atoms with Gasteiger partial charge in [-0.25, -0.2) is 0 Å². The van der Waals surface area contributed by atoms with Crippen LogP contribution in [0.15, 0.2) is 78.9 Å². The number of benzene rings is 6. The SMILES string of the molecule is O=C1CC(c2ccc(O)c(O)c2)Oc2c1c(O)cc(O)c2C1CC(c2ccc(O)c(O)c2)Oc2c(C3CC(c4ccc(O)c(O)c4)Oc4cc(O)cc(OC5OC(CO)C(O)C(O)C5O)c43)c(O)cc(OC3OC(CO)C(O)C(O)C3O)c21. The van der Waals surface area contributed by atoms with E-state index >= 15 is 0 Å². The summed E-state index contributed by atoms with van der Waals surface area (Å²) >= 11 is 0. The number of hydrogen-bond acceptors (Lipinski definition) is 26. The molecule has 0 amide bonds. The first kappa shape index (κ1) is 56.5. The van der Waals surface area contributed by atoms with Crippen LogP contribution in [0.5, 0.6) is 86.2 Å². The first-order valence-corrected chi connectivity index (χ1v) is 25.9. The van der Waals surface area contributed by atoms with E-state index in [2.05, 4.69) is 0 Å². The summed E-state index contributed by atoms with van der Waals surface area (Å²) in [6, 6.07) is 15.1. The maximum Gasteiger partial charge on any atom is 0.229 e. The van der Waals surface area contributed by atoms with Crippen molar-refractivity contribution in [2.75, 3.05) is 13.2 Å². The quantitative estimate of drug-likeness (QED) is 0.0826. The van der Waals surface area contributed by atoms with Crippen molar-refractivity contribution in [2.45, 2.75) is 111 Å². The monoisotopic (exact) mass is 1160 g/mol. The Hall–Kier alpha value is -8.41. The van der Waals surface area contributed by atoms with Gasteiger partial charge in [0.15, 0.2) is 40.3 Å². The minimum atomic E-state index is -2.10. The minimum Gasteiger partial charge on any atom is -0.508 e. The molecule has 6 aromatic rings. The van der Waals surface area contributed by atoms with Crippen molar-refractivity contribution in [3.05, 3.63) is 123 Å². The van der Waals surface area contributed by atoms with Gasteiger partial charge in [-0.3, -0.25) is 4.79 Å². The van der Waals surface area contributed by atoms with Gasteiger partial charge in [-0.05, 0) is 53.1 Å². The molecule has 2 saturated heterocycles. The molecule has 6 aromatic carbocycles. The molecule has 18 N–H and O–H groups in total. The smallest absolute Gasteiger partial charge is 0.229 e. The average Bonchev–Trinajstić information content (AvgIpc) is 1.21. The summed E-state index contributed by atoms with van der Waals surface area (Å²) in [5.41, 5.74) is -0.796. The molecule has 2 fully saturated rings. The molecule has 0 radical (unpaired) electrons. The van der Waals surface area contributed by atoms with Crippen molar-refractivity contribution in [3.63, 3.8) is 0 Å². The molecule has 5 aliphatic heterocycles. The Morgan fingerprint density at radius 2 is 0.867 bits per heavy atom. The van der Waals surface area contributed by atoms with Crippen LogP contribution in [0.4, 0.5) is 0 Å². The van der Waals surface area contributed by atoms with Crippen LogP contribution >= 0.6 is 0 Å². The van der Waals surface area contributed by atoms with Crippen molar-refractivity contribution in [2.24, 2.45) is 0 Å². The van der Waals surface area contributed by atoms with Crippen LogP contribution in [0.1, 0.15) is 98.7 Å². The molecule has 0 saturated carbocycles. The summed E-state index contributed by atoms with van der Waals surface area (Å²) in [6.07, 6.45) is -23.8. The van der Waals surface area contributed by atoms with Crippen LogP contribution in [0.3, 0.4) is 0 Å². The third kappa shape index (κ3) is 9.96. The summed E-state index contributed by atoms with van der Waals surface area (Å²) < 4.78 is 44.1. The van der Waals surface area contributed by atoms with Crippen LogP contribution in [-0.4, -0.2) is 172 Å². The summed E-state index contributed by atoms with van der Waals surface area (Å²) in [5, 5.41) is 198. The number of aliphatic hydroxyl groups excluding tert-OH is 8. The first-order valence-electron chi connectivity index (χ1n) is 25.9.